The number of benzene rings is 1. The Hall–Kier alpha value is -1.71. The van der Waals surface area contributed by atoms with E-state index in [0.717, 1.165) is 11.1 Å². The van der Waals surface area contributed by atoms with Crippen molar-refractivity contribution in [3.63, 3.8) is 0 Å². The van der Waals surface area contributed by atoms with E-state index in [1.807, 2.05) is 13.0 Å². The fourth-order valence-corrected chi connectivity index (χ4v) is 1.63. The molecule has 0 radical (unpaired) electrons. The lowest BCUT2D eigenvalue weighted by Crippen LogP contribution is -2.01. The summed E-state index contributed by atoms with van der Waals surface area (Å²) >= 11 is 0. The lowest BCUT2D eigenvalue weighted by Gasteiger charge is -2.13. The van der Waals surface area contributed by atoms with Gasteiger partial charge in [-0.25, -0.2) is 0 Å². The number of rotatable bonds is 5. The van der Waals surface area contributed by atoms with Crippen molar-refractivity contribution in [3.8, 4) is 11.5 Å². The van der Waals surface area contributed by atoms with E-state index in [-0.39, 0.29) is 6.42 Å². The predicted molar refractivity (Wildman–Crippen MR) is 60.2 cm³/mol. The summed E-state index contributed by atoms with van der Waals surface area (Å²) in [6.07, 6.45) is 0.623. The summed E-state index contributed by atoms with van der Waals surface area (Å²) in [5, 5.41) is 8.64. The van der Waals surface area contributed by atoms with E-state index in [1.165, 1.54) is 0 Å². The number of hydrogen-bond donors (Lipinski definition) is 1. The number of aryl methyl sites for hydroxylation is 1. The number of aliphatic carboxylic acids is 1. The van der Waals surface area contributed by atoms with Crippen LogP contribution in [0, 0.1) is 6.92 Å². The zero-order valence-electron chi connectivity index (χ0n) is 9.74. The van der Waals surface area contributed by atoms with Gasteiger partial charge in [0.05, 0.1) is 14.2 Å². The molecule has 4 nitrogen and oxygen atoms in total. The van der Waals surface area contributed by atoms with E-state index in [1.54, 1.807) is 20.3 Å². The van der Waals surface area contributed by atoms with Crippen molar-refractivity contribution in [2.24, 2.45) is 0 Å². The van der Waals surface area contributed by atoms with Gasteiger partial charge in [-0.05, 0) is 30.5 Å². The van der Waals surface area contributed by atoms with Gasteiger partial charge in [0.2, 0.25) is 0 Å². The third-order valence-electron chi connectivity index (χ3n) is 2.51. The summed E-state index contributed by atoms with van der Waals surface area (Å²) in [4.78, 5) is 10.5. The molecule has 0 bridgehead atoms. The zero-order valence-corrected chi connectivity index (χ0v) is 9.74. The van der Waals surface area contributed by atoms with Gasteiger partial charge in [0.15, 0.2) is 11.5 Å². The number of hydrogen-bond acceptors (Lipinski definition) is 3. The van der Waals surface area contributed by atoms with Crippen LogP contribution in [0.2, 0.25) is 0 Å². The molecule has 1 rings (SSSR count). The van der Waals surface area contributed by atoms with Crippen LogP contribution in [-0.2, 0) is 11.2 Å². The summed E-state index contributed by atoms with van der Waals surface area (Å²) in [6, 6.07) is 3.67. The monoisotopic (exact) mass is 224 g/mol. The van der Waals surface area contributed by atoms with Gasteiger partial charge in [0.1, 0.15) is 0 Å². The van der Waals surface area contributed by atoms with Crippen LogP contribution in [-0.4, -0.2) is 25.3 Å². The van der Waals surface area contributed by atoms with Crippen LogP contribution in [0.1, 0.15) is 17.5 Å². The number of ether oxygens (including phenoxy) is 2. The Morgan fingerprint density at radius 2 is 2.00 bits per heavy atom. The largest absolute Gasteiger partial charge is 0.493 e. The normalized spacial score (nSPS) is 9.94. The fourth-order valence-electron chi connectivity index (χ4n) is 1.63. The Morgan fingerprint density at radius 1 is 1.31 bits per heavy atom. The van der Waals surface area contributed by atoms with E-state index in [9.17, 15) is 4.79 Å². The van der Waals surface area contributed by atoms with E-state index >= 15 is 0 Å². The highest BCUT2D eigenvalue weighted by Gasteiger charge is 2.11. The molecule has 16 heavy (non-hydrogen) atoms. The molecule has 1 aromatic rings. The van der Waals surface area contributed by atoms with E-state index < -0.39 is 5.97 Å². The van der Waals surface area contributed by atoms with Gasteiger partial charge in [0.25, 0.3) is 0 Å². The van der Waals surface area contributed by atoms with Crippen molar-refractivity contribution in [3.05, 3.63) is 23.3 Å². The molecule has 0 heterocycles. The molecule has 1 aromatic carbocycles. The quantitative estimate of drug-likeness (QED) is 0.831. The van der Waals surface area contributed by atoms with Gasteiger partial charge in [0, 0.05) is 6.42 Å². The van der Waals surface area contributed by atoms with Crippen molar-refractivity contribution in [1.29, 1.82) is 0 Å². The van der Waals surface area contributed by atoms with E-state index in [4.69, 9.17) is 14.6 Å². The van der Waals surface area contributed by atoms with Crippen LogP contribution in [0.5, 0.6) is 11.5 Å². The fraction of sp³-hybridized carbons (Fsp3) is 0.417. The van der Waals surface area contributed by atoms with Gasteiger partial charge < -0.3 is 14.6 Å². The van der Waals surface area contributed by atoms with Gasteiger partial charge in [-0.3, -0.25) is 4.79 Å². The van der Waals surface area contributed by atoms with Crippen molar-refractivity contribution in [2.45, 2.75) is 19.8 Å². The first kappa shape index (κ1) is 12.4. The van der Waals surface area contributed by atoms with E-state index in [2.05, 4.69) is 0 Å². The highest BCUT2D eigenvalue weighted by Crippen LogP contribution is 2.33. The lowest BCUT2D eigenvalue weighted by atomic mass is 10.0. The van der Waals surface area contributed by atoms with E-state index in [0.29, 0.717) is 17.9 Å². The molecular formula is C12H16O4. The molecule has 0 spiro atoms. The summed E-state index contributed by atoms with van der Waals surface area (Å²) in [6.45, 7) is 1.90. The maximum Gasteiger partial charge on any atom is 0.303 e. The summed E-state index contributed by atoms with van der Waals surface area (Å²) < 4.78 is 10.4. The minimum atomic E-state index is -0.797. The van der Waals surface area contributed by atoms with Crippen LogP contribution < -0.4 is 9.47 Å². The number of carbonyl (C=O) groups is 1. The standard InChI is InChI=1S/C12H16O4/c1-8-9(5-7-11(13)14)4-6-10(15-2)12(8)16-3/h4,6H,5,7H2,1-3H3,(H,13,14). The van der Waals surface area contributed by atoms with Crippen molar-refractivity contribution in [1.82, 2.24) is 0 Å². The van der Waals surface area contributed by atoms with Gasteiger partial charge in [-0.2, -0.15) is 0 Å². The molecular weight excluding hydrogens is 208 g/mol. The molecule has 88 valence electrons. The summed E-state index contributed by atoms with van der Waals surface area (Å²) in [5.74, 6) is 0.540. The van der Waals surface area contributed by atoms with Crippen LogP contribution in [0.25, 0.3) is 0 Å². The molecule has 4 heteroatoms. The highest BCUT2D eigenvalue weighted by atomic mass is 16.5. The lowest BCUT2D eigenvalue weighted by molar-refractivity contribution is -0.136. The second kappa shape index (κ2) is 5.39. The SMILES string of the molecule is COc1ccc(CCC(=O)O)c(C)c1OC. The van der Waals surface area contributed by atoms with Gasteiger partial charge in [-0.1, -0.05) is 6.07 Å². The Morgan fingerprint density at radius 3 is 2.50 bits per heavy atom. The van der Waals surface area contributed by atoms with Crippen molar-refractivity contribution >= 4 is 5.97 Å². The first-order valence-electron chi connectivity index (χ1n) is 5.02. The smallest absolute Gasteiger partial charge is 0.303 e. The molecule has 1 N–H and O–H groups in total. The molecule has 0 aliphatic carbocycles. The predicted octanol–water partition coefficient (Wildman–Crippen LogP) is 2.03. The first-order chi connectivity index (χ1) is 7.60. The Balaban J connectivity index is 2.99. The topological polar surface area (TPSA) is 55.8 Å². The maximum absolute atomic E-state index is 10.5. The molecule has 0 aromatic heterocycles. The van der Waals surface area contributed by atoms with Gasteiger partial charge >= 0.3 is 5.97 Å². The molecule has 0 atom stereocenters. The molecule has 0 aliphatic rings. The highest BCUT2D eigenvalue weighted by molar-refractivity contribution is 5.67. The summed E-state index contributed by atoms with van der Waals surface area (Å²) in [7, 11) is 3.15. The van der Waals surface area contributed by atoms with Gasteiger partial charge in [-0.15, -0.1) is 0 Å². The third-order valence-corrected chi connectivity index (χ3v) is 2.51. The van der Waals surface area contributed by atoms with Crippen LogP contribution in [0.15, 0.2) is 12.1 Å². The number of carboxylic acid groups (broad SMARTS) is 1. The average molecular weight is 224 g/mol. The molecule has 0 unspecified atom stereocenters. The zero-order chi connectivity index (χ0) is 12.1. The molecule has 0 fully saturated rings. The Labute approximate surface area is 94.8 Å². The number of methoxy groups -OCH3 is 2. The van der Waals surface area contributed by atoms with Crippen molar-refractivity contribution in [2.75, 3.05) is 14.2 Å². The second-order valence-corrected chi connectivity index (χ2v) is 3.48. The van der Waals surface area contributed by atoms with Crippen LogP contribution in [0.4, 0.5) is 0 Å². The minimum absolute atomic E-state index is 0.121. The maximum atomic E-state index is 10.5. The van der Waals surface area contributed by atoms with Crippen LogP contribution >= 0.6 is 0 Å². The Kier molecular flexibility index (Phi) is 4.17. The molecule has 0 saturated carbocycles. The van der Waals surface area contributed by atoms with Crippen molar-refractivity contribution < 1.29 is 19.4 Å². The molecule has 0 saturated heterocycles. The summed E-state index contributed by atoms with van der Waals surface area (Å²) in [5.41, 5.74) is 1.91. The van der Waals surface area contributed by atoms with Crippen LogP contribution in [0.3, 0.4) is 0 Å². The third kappa shape index (κ3) is 2.66. The number of carboxylic acids is 1. The molecule has 0 aliphatic heterocycles. The minimum Gasteiger partial charge on any atom is -0.493 e. The molecule has 0 amide bonds. The second-order valence-electron chi connectivity index (χ2n) is 3.48. The Bertz CT molecular complexity index is 385. The first-order valence-corrected chi connectivity index (χ1v) is 5.02. The average Bonchev–Trinajstić information content (AvgIpc) is 2.26.